The maximum atomic E-state index is 5.80. The predicted octanol–water partition coefficient (Wildman–Crippen LogP) is 11.6. The lowest BCUT2D eigenvalue weighted by Crippen LogP contribution is -2.06. The van der Waals surface area contributed by atoms with Crippen LogP contribution in [0.5, 0.6) is 0 Å². The Labute approximate surface area is 285 Å². The van der Waals surface area contributed by atoms with Gasteiger partial charge < -0.3 is 23.7 Å². The molecule has 0 aromatic heterocycles. The van der Waals surface area contributed by atoms with Gasteiger partial charge >= 0.3 is 0 Å². The lowest BCUT2D eigenvalue weighted by atomic mass is 10.0. The van der Waals surface area contributed by atoms with Crippen LogP contribution in [0.2, 0.25) is 0 Å². The Morgan fingerprint density at radius 1 is 0.349 bits per heavy atom. The molecule has 0 bridgehead atoms. The van der Waals surface area contributed by atoms with E-state index in [1.165, 1.54) is 116 Å². The fourth-order valence-electron chi connectivity index (χ4n) is 5.47. The first kappa shape index (κ1) is 43.8. The Hall–Kier alpha value is 0.760. The summed E-state index contributed by atoms with van der Waals surface area (Å²) in [5, 5.41) is 0. The SMILES string of the molecule is CC(Br)CC(C)CCCOCCCCCCCCCOCOCOCCCCCCCCCOCCCC(C)CC(C)Br. The van der Waals surface area contributed by atoms with Gasteiger partial charge in [0.1, 0.15) is 13.6 Å². The third kappa shape index (κ3) is 38.9. The lowest BCUT2D eigenvalue weighted by Gasteiger charge is -2.12. The fraction of sp³-hybridized carbons (Fsp3) is 1.00. The summed E-state index contributed by atoms with van der Waals surface area (Å²) in [4.78, 5) is 1.25. The summed E-state index contributed by atoms with van der Waals surface area (Å²) in [5.41, 5.74) is 0. The van der Waals surface area contributed by atoms with Crippen molar-refractivity contribution in [3.8, 4) is 0 Å². The molecule has 0 aliphatic heterocycles. The molecule has 0 aliphatic rings. The van der Waals surface area contributed by atoms with Crippen LogP contribution in [-0.2, 0) is 23.7 Å². The van der Waals surface area contributed by atoms with Crippen molar-refractivity contribution >= 4 is 31.9 Å². The molecule has 0 aromatic rings. The number of hydrogen-bond donors (Lipinski definition) is 0. The first-order chi connectivity index (χ1) is 20.9. The largest absolute Gasteiger partial charge is 0.381 e. The third-order valence-corrected chi connectivity index (χ3v) is 8.66. The van der Waals surface area contributed by atoms with E-state index in [0.29, 0.717) is 23.2 Å². The van der Waals surface area contributed by atoms with Crippen molar-refractivity contribution in [3.05, 3.63) is 0 Å². The van der Waals surface area contributed by atoms with Gasteiger partial charge in [-0.05, 0) is 76.0 Å². The maximum absolute atomic E-state index is 5.80. The highest BCUT2D eigenvalue weighted by Gasteiger charge is 2.06. The van der Waals surface area contributed by atoms with E-state index >= 15 is 0 Å². The van der Waals surface area contributed by atoms with Gasteiger partial charge in [0.25, 0.3) is 0 Å². The molecule has 260 valence electrons. The molecule has 0 radical (unpaired) electrons. The highest BCUT2D eigenvalue weighted by molar-refractivity contribution is 9.09. The summed E-state index contributed by atoms with van der Waals surface area (Å²) >= 11 is 7.28. The molecule has 0 aliphatic carbocycles. The number of ether oxygens (including phenoxy) is 5. The average molecular weight is 745 g/mol. The zero-order valence-corrected chi connectivity index (χ0v) is 32.1. The molecule has 0 spiro atoms. The van der Waals surface area contributed by atoms with E-state index < -0.39 is 0 Å². The van der Waals surface area contributed by atoms with E-state index in [-0.39, 0.29) is 0 Å². The quantitative estimate of drug-likeness (QED) is 0.0363. The normalized spacial score (nSPS) is 14.7. The molecule has 4 atom stereocenters. The van der Waals surface area contributed by atoms with Crippen LogP contribution in [0.25, 0.3) is 0 Å². The smallest absolute Gasteiger partial charge is 0.149 e. The van der Waals surface area contributed by atoms with Gasteiger partial charge in [-0.1, -0.05) is 124 Å². The zero-order valence-electron chi connectivity index (χ0n) is 28.9. The fourth-order valence-corrected chi connectivity index (χ4v) is 6.75. The van der Waals surface area contributed by atoms with Gasteiger partial charge in [-0.25, -0.2) is 0 Å². The molecule has 43 heavy (non-hydrogen) atoms. The average Bonchev–Trinajstić information content (AvgIpc) is 2.95. The molecule has 0 saturated heterocycles. The van der Waals surface area contributed by atoms with Gasteiger partial charge in [-0.3, -0.25) is 0 Å². The number of alkyl halides is 2. The second kappa shape index (κ2) is 35.6. The van der Waals surface area contributed by atoms with E-state index in [1.54, 1.807) is 0 Å². The Balaban J connectivity index is 3.10. The number of unbranched alkanes of at least 4 members (excludes halogenated alkanes) is 12. The highest BCUT2D eigenvalue weighted by atomic mass is 79.9. The first-order valence-electron chi connectivity index (χ1n) is 18.1. The minimum atomic E-state index is 0.341. The maximum Gasteiger partial charge on any atom is 0.149 e. The van der Waals surface area contributed by atoms with Gasteiger partial charge in [0.2, 0.25) is 0 Å². The van der Waals surface area contributed by atoms with Crippen LogP contribution in [0, 0.1) is 11.8 Å². The second-order valence-electron chi connectivity index (χ2n) is 13.0. The molecule has 0 saturated carbocycles. The molecular formula is C36H72Br2O5. The van der Waals surface area contributed by atoms with E-state index in [9.17, 15) is 0 Å². The molecule has 0 aromatic carbocycles. The second-order valence-corrected chi connectivity index (χ2v) is 16.1. The number of hydrogen-bond acceptors (Lipinski definition) is 5. The van der Waals surface area contributed by atoms with E-state index in [2.05, 4.69) is 59.6 Å². The van der Waals surface area contributed by atoms with Crippen LogP contribution in [0.4, 0.5) is 0 Å². The zero-order chi connectivity index (χ0) is 31.6. The van der Waals surface area contributed by atoms with Crippen molar-refractivity contribution in [1.82, 2.24) is 0 Å². The van der Waals surface area contributed by atoms with Crippen LogP contribution in [0.15, 0.2) is 0 Å². The van der Waals surface area contributed by atoms with Crippen molar-refractivity contribution in [2.24, 2.45) is 11.8 Å². The van der Waals surface area contributed by atoms with Crippen LogP contribution < -0.4 is 0 Å². The number of halogens is 2. The Morgan fingerprint density at radius 2 is 0.628 bits per heavy atom. The van der Waals surface area contributed by atoms with Crippen molar-refractivity contribution in [3.63, 3.8) is 0 Å². The Bertz CT molecular complexity index is 480. The van der Waals surface area contributed by atoms with Crippen molar-refractivity contribution in [2.45, 2.75) is 166 Å². The highest BCUT2D eigenvalue weighted by Crippen LogP contribution is 2.18. The van der Waals surface area contributed by atoms with Gasteiger partial charge in [-0.2, -0.15) is 0 Å². The molecule has 0 heterocycles. The van der Waals surface area contributed by atoms with Crippen LogP contribution in [0.3, 0.4) is 0 Å². The number of rotatable bonds is 36. The van der Waals surface area contributed by atoms with Gasteiger partial charge in [0, 0.05) is 49.3 Å². The molecule has 0 amide bonds. The van der Waals surface area contributed by atoms with Crippen molar-refractivity contribution in [1.29, 1.82) is 0 Å². The van der Waals surface area contributed by atoms with E-state index in [4.69, 9.17) is 23.7 Å². The van der Waals surface area contributed by atoms with E-state index in [0.717, 1.165) is 64.3 Å². The minimum Gasteiger partial charge on any atom is -0.381 e. The molecule has 4 unspecified atom stereocenters. The molecule has 5 nitrogen and oxygen atoms in total. The summed E-state index contributed by atoms with van der Waals surface area (Å²) < 4.78 is 28.2. The molecule has 0 rings (SSSR count). The first-order valence-corrected chi connectivity index (χ1v) is 19.9. The molecular weight excluding hydrogens is 672 g/mol. The topological polar surface area (TPSA) is 46.2 Å². The minimum absolute atomic E-state index is 0.341. The van der Waals surface area contributed by atoms with Crippen molar-refractivity contribution < 1.29 is 23.7 Å². The monoisotopic (exact) mass is 742 g/mol. The standard InChI is InChI=1S/C36H72Br2O5/c1-33(29-35(3)37)21-19-27-39-23-15-11-7-5-9-13-17-25-41-31-43-32-42-26-18-14-10-6-8-12-16-24-40-28-20-22-34(2)30-36(4)38/h33-36H,5-32H2,1-4H3. The third-order valence-electron chi connectivity index (χ3n) is 7.91. The Kier molecular flexibility index (Phi) is 36.2. The van der Waals surface area contributed by atoms with Crippen molar-refractivity contribution in [2.75, 3.05) is 53.2 Å². The summed E-state index contributed by atoms with van der Waals surface area (Å²) in [7, 11) is 0. The summed E-state index contributed by atoms with van der Waals surface area (Å²) in [6, 6.07) is 0. The molecule has 7 heteroatoms. The molecule has 0 fully saturated rings. The van der Waals surface area contributed by atoms with Gasteiger partial charge in [-0.15, -0.1) is 0 Å². The predicted molar refractivity (Wildman–Crippen MR) is 192 cm³/mol. The Morgan fingerprint density at radius 3 is 0.953 bits per heavy atom. The molecule has 0 N–H and O–H groups in total. The lowest BCUT2D eigenvalue weighted by molar-refractivity contribution is -0.131. The van der Waals surface area contributed by atoms with Crippen LogP contribution >= 0.6 is 31.9 Å². The van der Waals surface area contributed by atoms with E-state index in [1.807, 2.05) is 0 Å². The van der Waals surface area contributed by atoms with Crippen LogP contribution in [-0.4, -0.2) is 62.9 Å². The van der Waals surface area contributed by atoms with Gasteiger partial charge in [0.15, 0.2) is 0 Å². The van der Waals surface area contributed by atoms with Gasteiger partial charge in [0.05, 0.1) is 0 Å². The summed E-state index contributed by atoms with van der Waals surface area (Å²) in [6.45, 7) is 15.1. The van der Waals surface area contributed by atoms with Crippen LogP contribution in [0.1, 0.15) is 156 Å². The summed E-state index contributed by atoms with van der Waals surface area (Å²) in [5.74, 6) is 1.57. The summed E-state index contributed by atoms with van der Waals surface area (Å²) in [6.07, 6.45) is 25.0.